The molecule has 3 saturated heterocycles. The number of benzene rings is 1. The number of hydrogen-bond donors (Lipinski definition) is 0. The van der Waals surface area contributed by atoms with Crippen molar-refractivity contribution in [3.05, 3.63) is 54.4 Å². The molecule has 7 nitrogen and oxygen atoms in total. The minimum absolute atomic E-state index is 0.125. The second kappa shape index (κ2) is 6.68. The van der Waals surface area contributed by atoms with Crippen molar-refractivity contribution in [1.82, 2.24) is 15.0 Å². The lowest BCUT2D eigenvalue weighted by Gasteiger charge is -2.29. The van der Waals surface area contributed by atoms with Gasteiger partial charge in [-0.3, -0.25) is 14.6 Å². The maximum Gasteiger partial charge on any atom is 0.253 e. The van der Waals surface area contributed by atoms with Gasteiger partial charge in [0.05, 0.1) is 24.3 Å². The molecule has 4 heterocycles. The molecule has 3 fully saturated rings. The third-order valence-electron chi connectivity index (χ3n) is 5.86. The molecule has 0 unspecified atom stereocenters. The molecule has 2 aromatic rings. The molecule has 1 aromatic heterocycles. The number of carbonyl (C=O) groups excluding carboxylic acids is 2. The first-order chi connectivity index (χ1) is 13.7. The number of nitrogens with zero attached hydrogens (tertiary/aromatic N) is 4. The Morgan fingerprint density at radius 3 is 2.32 bits per heavy atom. The average Bonchev–Trinajstić information content (AvgIpc) is 3.36. The lowest BCUT2D eigenvalue weighted by Crippen LogP contribution is -2.44. The summed E-state index contributed by atoms with van der Waals surface area (Å²) in [4.78, 5) is 32.2. The van der Waals surface area contributed by atoms with Crippen molar-refractivity contribution in [3.63, 3.8) is 0 Å². The number of amides is 2. The van der Waals surface area contributed by atoms with Gasteiger partial charge in [0.1, 0.15) is 11.8 Å². The number of ether oxygens (including phenoxy) is 1. The Morgan fingerprint density at radius 2 is 1.64 bits per heavy atom. The van der Waals surface area contributed by atoms with Gasteiger partial charge in [-0.25, -0.2) is 14.9 Å². The van der Waals surface area contributed by atoms with Crippen LogP contribution in [0, 0.1) is 5.92 Å². The van der Waals surface area contributed by atoms with Crippen LogP contribution in [0.1, 0.15) is 24.9 Å². The Morgan fingerprint density at radius 1 is 0.964 bits per heavy atom. The summed E-state index contributed by atoms with van der Waals surface area (Å²) in [5.74, 6) is 0.0608. The topological polar surface area (TPSA) is 66.0 Å². The summed E-state index contributed by atoms with van der Waals surface area (Å²) in [5.41, 5.74) is 1.64. The summed E-state index contributed by atoms with van der Waals surface area (Å²) in [6.07, 6.45) is 4.48. The Hall–Kier alpha value is -2.77. The first-order valence-electron chi connectivity index (χ1n) is 9.74. The van der Waals surface area contributed by atoms with E-state index >= 15 is 0 Å². The first kappa shape index (κ1) is 17.3. The van der Waals surface area contributed by atoms with Crippen LogP contribution in [0.2, 0.25) is 0 Å². The molecule has 0 aliphatic carbocycles. The highest BCUT2D eigenvalue weighted by Gasteiger charge is 2.62. The molecule has 144 valence electrons. The number of fused-ring (bicyclic) bond motifs is 3. The minimum Gasteiger partial charge on any atom is -0.494 e. The molecule has 3 aliphatic rings. The van der Waals surface area contributed by atoms with Crippen LogP contribution in [0.15, 0.2) is 48.8 Å². The summed E-state index contributed by atoms with van der Waals surface area (Å²) in [6.45, 7) is 4.16. The quantitative estimate of drug-likeness (QED) is 0.759. The van der Waals surface area contributed by atoms with Gasteiger partial charge in [-0.05, 0) is 55.3 Å². The van der Waals surface area contributed by atoms with E-state index in [9.17, 15) is 9.59 Å². The molecule has 0 saturated carbocycles. The Bertz CT molecular complexity index is 902. The van der Waals surface area contributed by atoms with E-state index in [4.69, 9.17) is 4.74 Å². The summed E-state index contributed by atoms with van der Waals surface area (Å²) < 4.78 is 5.47. The van der Waals surface area contributed by atoms with Gasteiger partial charge in [0, 0.05) is 25.5 Å². The van der Waals surface area contributed by atoms with Crippen molar-refractivity contribution in [2.45, 2.75) is 25.4 Å². The monoisotopic (exact) mass is 378 g/mol. The Kier molecular flexibility index (Phi) is 4.14. The van der Waals surface area contributed by atoms with Crippen LogP contribution in [0.4, 0.5) is 5.69 Å². The molecule has 0 N–H and O–H groups in total. The smallest absolute Gasteiger partial charge is 0.253 e. The SMILES string of the molecule is CCOc1ccc(N2C(=O)[C@H]3[C@@H](c4ccncc4)N4CCCN4[C@H]3C2=O)cc1. The number of imide groups is 1. The molecule has 1 aromatic carbocycles. The second-order valence-corrected chi connectivity index (χ2v) is 7.31. The molecule has 2 amide bonds. The fourth-order valence-electron chi connectivity index (χ4n) is 4.79. The van der Waals surface area contributed by atoms with Crippen LogP contribution in [0.5, 0.6) is 5.75 Å². The fraction of sp³-hybridized carbons (Fsp3) is 0.381. The van der Waals surface area contributed by atoms with Crippen LogP contribution in [-0.2, 0) is 9.59 Å². The van der Waals surface area contributed by atoms with E-state index < -0.39 is 12.0 Å². The first-order valence-corrected chi connectivity index (χ1v) is 9.74. The van der Waals surface area contributed by atoms with Gasteiger partial charge in [0.25, 0.3) is 5.91 Å². The van der Waals surface area contributed by atoms with E-state index in [0.29, 0.717) is 12.3 Å². The van der Waals surface area contributed by atoms with Crippen LogP contribution in [0.3, 0.4) is 0 Å². The number of rotatable bonds is 4. The van der Waals surface area contributed by atoms with Crippen molar-refractivity contribution in [2.75, 3.05) is 24.6 Å². The van der Waals surface area contributed by atoms with Crippen LogP contribution < -0.4 is 9.64 Å². The third-order valence-corrected chi connectivity index (χ3v) is 5.86. The van der Waals surface area contributed by atoms with E-state index in [1.807, 2.05) is 19.1 Å². The largest absolute Gasteiger partial charge is 0.494 e. The maximum absolute atomic E-state index is 13.4. The van der Waals surface area contributed by atoms with Crippen molar-refractivity contribution in [2.24, 2.45) is 5.92 Å². The highest BCUT2D eigenvalue weighted by atomic mass is 16.5. The van der Waals surface area contributed by atoms with E-state index in [1.54, 1.807) is 36.7 Å². The van der Waals surface area contributed by atoms with Gasteiger partial charge in [-0.2, -0.15) is 0 Å². The Balaban J connectivity index is 1.52. The third kappa shape index (κ3) is 2.47. The number of carbonyl (C=O) groups is 2. The van der Waals surface area contributed by atoms with Crippen LogP contribution in [0.25, 0.3) is 0 Å². The number of hydrogen-bond acceptors (Lipinski definition) is 6. The molecule has 0 spiro atoms. The highest BCUT2D eigenvalue weighted by molar-refractivity contribution is 6.24. The number of hydrazine groups is 1. The predicted octanol–water partition coefficient (Wildman–Crippen LogP) is 2.02. The molecule has 0 radical (unpaired) electrons. The van der Waals surface area contributed by atoms with Crippen molar-refractivity contribution in [3.8, 4) is 5.75 Å². The van der Waals surface area contributed by atoms with Gasteiger partial charge in [-0.1, -0.05) is 0 Å². The molecule has 3 aliphatic heterocycles. The van der Waals surface area contributed by atoms with Gasteiger partial charge in [0.2, 0.25) is 5.91 Å². The minimum atomic E-state index is -0.431. The standard InChI is InChI=1S/C21H22N4O3/c1-2-28-16-6-4-15(5-7-16)25-20(26)17-18(14-8-10-22-11-9-14)23-12-3-13-24(23)19(17)21(25)27/h4-11,17-19H,2-3,12-13H2,1H3/t17-,18+,19+/m0/s1. The van der Waals surface area contributed by atoms with E-state index in [-0.39, 0.29) is 17.9 Å². The molecular formula is C21H22N4O3. The van der Waals surface area contributed by atoms with Gasteiger partial charge in [-0.15, -0.1) is 0 Å². The summed E-state index contributed by atoms with van der Waals surface area (Å²) in [6, 6.07) is 10.5. The average molecular weight is 378 g/mol. The van der Waals surface area contributed by atoms with Crippen molar-refractivity contribution < 1.29 is 14.3 Å². The summed E-state index contributed by atoms with van der Waals surface area (Å²) in [5, 5.41) is 4.31. The second-order valence-electron chi connectivity index (χ2n) is 7.31. The van der Waals surface area contributed by atoms with Gasteiger partial charge in [0.15, 0.2) is 0 Å². The highest BCUT2D eigenvalue weighted by Crippen LogP contribution is 2.48. The zero-order valence-corrected chi connectivity index (χ0v) is 15.7. The number of anilines is 1. The maximum atomic E-state index is 13.4. The van der Waals surface area contributed by atoms with E-state index in [0.717, 1.165) is 30.8 Å². The van der Waals surface area contributed by atoms with Crippen molar-refractivity contribution >= 4 is 17.5 Å². The molecule has 28 heavy (non-hydrogen) atoms. The molecule has 0 bridgehead atoms. The summed E-state index contributed by atoms with van der Waals surface area (Å²) in [7, 11) is 0. The Labute approximate surface area is 163 Å². The molecule has 3 atom stereocenters. The number of pyridine rings is 1. The lowest BCUT2D eigenvalue weighted by molar-refractivity contribution is -0.126. The normalized spacial score (nSPS) is 27.3. The summed E-state index contributed by atoms with van der Waals surface area (Å²) >= 11 is 0. The molecular weight excluding hydrogens is 356 g/mol. The lowest BCUT2D eigenvalue weighted by atomic mass is 9.90. The molecule has 7 heteroatoms. The zero-order valence-electron chi connectivity index (χ0n) is 15.7. The van der Waals surface area contributed by atoms with Crippen molar-refractivity contribution in [1.29, 1.82) is 0 Å². The van der Waals surface area contributed by atoms with Gasteiger partial charge >= 0.3 is 0 Å². The fourth-order valence-corrected chi connectivity index (χ4v) is 4.79. The molecule has 5 rings (SSSR count). The predicted molar refractivity (Wildman–Crippen MR) is 102 cm³/mol. The van der Waals surface area contributed by atoms with E-state index in [2.05, 4.69) is 15.0 Å². The zero-order chi connectivity index (χ0) is 19.3. The number of aromatic nitrogens is 1. The van der Waals surface area contributed by atoms with Crippen LogP contribution >= 0.6 is 0 Å². The van der Waals surface area contributed by atoms with Crippen LogP contribution in [-0.4, -0.2) is 52.6 Å². The van der Waals surface area contributed by atoms with E-state index in [1.165, 1.54) is 4.90 Å². The van der Waals surface area contributed by atoms with Gasteiger partial charge < -0.3 is 4.74 Å².